The molecule has 0 atom stereocenters. The van der Waals surface area contributed by atoms with Gasteiger partial charge in [0.2, 0.25) is 0 Å². The summed E-state index contributed by atoms with van der Waals surface area (Å²) in [4.78, 5) is 14.2. The second-order valence-electron chi connectivity index (χ2n) is 6.03. The number of halogens is 2. The van der Waals surface area contributed by atoms with E-state index in [0.29, 0.717) is 10.7 Å². The molecule has 0 aliphatic heterocycles. The van der Waals surface area contributed by atoms with Crippen LogP contribution in [0.1, 0.15) is 40.0 Å². The van der Waals surface area contributed by atoms with Gasteiger partial charge in [0.05, 0.1) is 10.7 Å². The minimum Gasteiger partial charge on any atom is -0.443 e. The van der Waals surface area contributed by atoms with Crippen molar-refractivity contribution in [2.75, 3.05) is 4.90 Å². The Bertz CT molecular complexity index is 509. The lowest BCUT2D eigenvalue weighted by Gasteiger charge is -2.38. The molecule has 1 aliphatic rings. The first-order chi connectivity index (χ1) is 9.28. The van der Waals surface area contributed by atoms with Crippen LogP contribution in [-0.4, -0.2) is 17.7 Å². The monoisotopic (exact) mass is 359 g/mol. The van der Waals surface area contributed by atoms with E-state index >= 15 is 0 Å². The molecule has 2 rings (SSSR count). The van der Waals surface area contributed by atoms with Crippen molar-refractivity contribution in [3.05, 3.63) is 27.7 Å². The fourth-order valence-corrected chi connectivity index (χ4v) is 2.84. The number of benzene rings is 1. The molecule has 1 amide bonds. The number of amides is 1. The van der Waals surface area contributed by atoms with E-state index in [-0.39, 0.29) is 12.1 Å². The molecule has 0 bridgehead atoms. The van der Waals surface area contributed by atoms with Crippen LogP contribution in [0, 0.1) is 0 Å². The largest absolute Gasteiger partial charge is 0.443 e. The van der Waals surface area contributed by atoms with Crippen LogP contribution in [0.15, 0.2) is 22.7 Å². The van der Waals surface area contributed by atoms with Gasteiger partial charge in [0, 0.05) is 10.5 Å². The van der Waals surface area contributed by atoms with Crippen molar-refractivity contribution in [2.45, 2.75) is 51.7 Å². The molecule has 0 radical (unpaired) electrons. The van der Waals surface area contributed by atoms with Gasteiger partial charge >= 0.3 is 6.09 Å². The third-order valence-electron chi connectivity index (χ3n) is 3.20. The number of carbonyl (C=O) groups is 1. The highest BCUT2D eigenvalue weighted by molar-refractivity contribution is 9.10. The average Bonchev–Trinajstić information content (AvgIpc) is 2.21. The van der Waals surface area contributed by atoms with E-state index in [2.05, 4.69) is 15.9 Å². The number of hydrogen-bond donors (Lipinski definition) is 0. The zero-order valence-electron chi connectivity index (χ0n) is 12.0. The Morgan fingerprint density at radius 2 is 2.05 bits per heavy atom. The number of hydrogen-bond acceptors (Lipinski definition) is 2. The predicted octanol–water partition coefficient (Wildman–Crippen LogP) is 5.40. The minimum absolute atomic E-state index is 0.184. The molecule has 1 aromatic rings. The van der Waals surface area contributed by atoms with E-state index in [1.807, 2.05) is 32.9 Å². The van der Waals surface area contributed by atoms with Crippen LogP contribution in [0.2, 0.25) is 5.02 Å². The smallest absolute Gasteiger partial charge is 0.415 e. The lowest BCUT2D eigenvalue weighted by Crippen LogP contribution is -2.47. The van der Waals surface area contributed by atoms with Crippen LogP contribution in [-0.2, 0) is 4.74 Å². The van der Waals surface area contributed by atoms with Gasteiger partial charge in [-0.3, -0.25) is 4.90 Å². The summed E-state index contributed by atoms with van der Waals surface area (Å²) >= 11 is 9.67. The van der Waals surface area contributed by atoms with Gasteiger partial charge in [-0.1, -0.05) is 27.5 Å². The molecule has 0 heterocycles. The van der Waals surface area contributed by atoms with Crippen molar-refractivity contribution < 1.29 is 9.53 Å². The van der Waals surface area contributed by atoms with Gasteiger partial charge in [-0.05, 0) is 58.2 Å². The number of nitrogens with zero attached hydrogens (tertiary/aromatic N) is 1. The zero-order valence-corrected chi connectivity index (χ0v) is 14.3. The van der Waals surface area contributed by atoms with Gasteiger partial charge in [-0.2, -0.15) is 0 Å². The van der Waals surface area contributed by atoms with Crippen molar-refractivity contribution in [1.29, 1.82) is 0 Å². The SMILES string of the molecule is CC(C)(C)OC(=O)N(c1ccc(Br)cc1Cl)C1CCC1. The standard InChI is InChI=1S/C15H19BrClNO2/c1-15(2,3)20-14(19)18(11-5-4-6-11)13-8-7-10(16)9-12(13)17/h7-9,11H,4-6H2,1-3H3. The first-order valence-corrected chi connectivity index (χ1v) is 7.92. The minimum atomic E-state index is -0.513. The van der Waals surface area contributed by atoms with Crippen molar-refractivity contribution in [1.82, 2.24) is 0 Å². The average molecular weight is 361 g/mol. The second-order valence-corrected chi connectivity index (χ2v) is 7.35. The van der Waals surface area contributed by atoms with Gasteiger partial charge in [0.15, 0.2) is 0 Å². The Kier molecular flexibility index (Phi) is 4.65. The Morgan fingerprint density at radius 3 is 2.50 bits per heavy atom. The summed E-state index contributed by atoms with van der Waals surface area (Å²) in [6, 6.07) is 5.72. The van der Waals surface area contributed by atoms with E-state index in [9.17, 15) is 4.79 Å². The summed E-state index contributed by atoms with van der Waals surface area (Å²) in [7, 11) is 0. The summed E-state index contributed by atoms with van der Waals surface area (Å²) in [5.74, 6) is 0. The van der Waals surface area contributed by atoms with E-state index in [0.717, 1.165) is 23.7 Å². The third kappa shape index (κ3) is 3.67. The maximum absolute atomic E-state index is 12.5. The number of anilines is 1. The summed E-state index contributed by atoms with van der Waals surface area (Å²) in [6.07, 6.45) is 2.79. The summed E-state index contributed by atoms with van der Waals surface area (Å²) < 4.78 is 6.41. The van der Waals surface area contributed by atoms with Gasteiger partial charge in [-0.25, -0.2) is 4.79 Å². The Hall–Kier alpha value is -0.740. The quantitative estimate of drug-likeness (QED) is 0.707. The molecule has 1 saturated carbocycles. The highest BCUT2D eigenvalue weighted by Gasteiger charge is 2.34. The molecular weight excluding hydrogens is 342 g/mol. The Balaban J connectivity index is 2.30. The molecule has 1 aliphatic carbocycles. The zero-order chi connectivity index (χ0) is 14.9. The van der Waals surface area contributed by atoms with Crippen LogP contribution in [0.4, 0.5) is 10.5 Å². The highest BCUT2D eigenvalue weighted by atomic mass is 79.9. The fraction of sp³-hybridized carbons (Fsp3) is 0.533. The first kappa shape index (κ1) is 15.6. The molecule has 1 aromatic carbocycles. The lowest BCUT2D eigenvalue weighted by molar-refractivity contribution is 0.0549. The summed E-state index contributed by atoms with van der Waals surface area (Å²) in [5.41, 5.74) is 0.204. The van der Waals surface area contributed by atoms with Crippen molar-refractivity contribution in [2.24, 2.45) is 0 Å². The van der Waals surface area contributed by atoms with Crippen molar-refractivity contribution in [3.8, 4) is 0 Å². The topological polar surface area (TPSA) is 29.5 Å². The molecule has 0 unspecified atom stereocenters. The summed E-state index contributed by atoms with van der Waals surface area (Å²) in [6.45, 7) is 5.60. The maximum atomic E-state index is 12.5. The Morgan fingerprint density at radius 1 is 1.40 bits per heavy atom. The molecule has 1 fully saturated rings. The van der Waals surface area contributed by atoms with Gasteiger partial charge < -0.3 is 4.74 Å². The van der Waals surface area contributed by atoms with Crippen LogP contribution in [0.25, 0.3) is 0 Å². The second kappa shape index (κ2) is 5.94. The molecule has 0 spiro atoms. The lowest BCUT2D eigenvalue weighted by atomic mass is 9.91. The Labute approximate surface area is 133 Å². The van der Waals surface area contributed by atoms with Crippen molar-refractivity contribution >= 4 is 39.3 Å². The van der Waals surface area contributed by atoms with Gasteiger partial charge in [-0.15, -0.1) is 0 Å². The molecule has 0 saturated heterocycles. The fourth-order valence-electron chi connectivity index (χ4n) is 2.08. The maximum Gasteiger partial charge on any atom is 0.415 e. The van der Waals surface area contributed by atoms with E-state index in [4.69, 9.17) is 16.3 Å². The van der Waals surface area contributed by atoms with Crippen LogP contribution in [0.5, 0.6) is 0 Å². The van der Waals surface area contributed by atoms with E-state index in [1.54, 1.807) is 11.0 Å². The first-order valence-electron chi connectivity index (χ1n) is 6.75. The molecule has 3 nitrogen and oxygen atoms in total. The molecular formula is C15H19BrClNO2. The number of ether oxygens (including phenoxy) is 1. The van der Waals surface area contributed by atoms with Crippen LogP contribution < -0.4 is 4.90 Å². The third-order valence-corrected chi connectivity index (χ3v) is 4.00. The van der Waals surface area contributed by atoms with Crippen LogP contribution >= 0.6 is 27.5 Å². The van der Waals surface area contributed by atoms with Crippen LogP contribution in [0.3, 0.4) is 0 Å². The molecule has 20 heavy (non-hydrogen) atoms. The predicted molar refractivity (Wildman–Crippen MR) is 85.5 cm³/mol. The number of rotatable bonds is 2. The molecule has 0 aromatic heterocycles. The van der Waals surface area contributed by atoms with Crippen molar-refractivity contribution in [3.63, 3.8) is 0 Å². The van der Waals surface area contributed by atoms with E-state index < -0.39 is 5.60 Å². The van der Waals surface area contributed by atoms with Gasteiger partial charge in [0.1, 0.15) is 5.60 Å². The molecule has 110 valence electrons. The highest BCUT2D eigenvalue weighted by Crippen LogP contribution is 2.36. The molecule has 0 N–H and O–H groups in total. The number of carbonyl (C=O) groups excluding carboxylic acids is 1. The van der Waals surface area contributed by atoms with E-state index in [1.165, 1.54) is 0 Å². The van der Waals surface area contributed by atoms with Gasteiger partial charge in [0.25, 0.3) is 0 Å². The normalized spacial score (nSPS) is 15.7. The summed E-state index contributed by atoms with van der Waals surface area (Å²) in [5, 5.41) is 0.553. The molecule has 5 heteroatoms.